The molecule has 0 aliphatic rings. The predicted octanol–water partition coefficient (Wildman–Crippen LogP) is -0.493. The highest BCUT2D eigenvalue weighted by Gasteiger charge is 2.13. The van der Waals surface area contributed by atoms with Crippen LogP contribution in [0.15, 0.2) is 6.20 Å². The van der Waals surface area contributed by atoms with Gasteiger partial charge in [-0.25, -0.2) is 18.4 Å². The summed E-state index contributed by atoms with van der Waals surface area (Å²) in [6.45, 7) is 3.72. The summed E-state index contributed by atoms with van der Waals surface area (Å²) in [5.74, 6) is -0.531. The molecule has 1 heterocycles. The maximum Gasteiger partial charge on any atom is 0.254 e. The van der Waals surface area contributed by atoms with E-state index in [1.165, 1.54) is 6.20 Å². The number of primary amides is 1. The quantitative estimate of drug-likeness (QED) is 0.614. The molecule has 94 valence electrons. The fourth-order valence-electron chi connectivity index (χ4n) is 1.17. The summed E-state index contributed by atoms with van der Waals surface area (Å²) < 4.78 is 21.1. The minimum atomic E-state index is -2.60. The summed E-state index contributed by atoms with van der Waals surface area (Å²) in [7, 11) is -2.60. The van der Waals surface area contributed by atoms with Gasteiger partial charge in [0.2, 0.25) is 0 Å². The van der Waals surface area contributed by atoms with Crippen LogP contribution in [0, 0.1) is 0 Å². The second kappa shape index (κ2) is 5.58. The van der Waals surface area contributed by atoms with Crippen LogP contribution in [0.5, 0.6) is 0 Å². The number of hydrogen-bond donors (Lipinski definition) is 3. The van der Waals surface area contributed by atoms with E-state index in [1.807, 2.05) is 13.8 Å². The first-order valence-corrected chi connectivity index (χ1v) is 6.30. The zero-order chi connectivity index (χ0) is 13.0. The number of thiol groups is 1. The molecule has 17 heavy (non-hydrogen) atoms. The van der Waals surface area contributed by atoms with Crippen LogP contribution >= 0.6 is 0 Å². The molecule has 0 saturated heterocycles. The Morgan fingerprint density at radius 3 is 2.65 bits per heavy atom. The summed E-state index contributed by atoms with van der Waals surface area (Å²) >= 11 is 0. The van der Waals surface area contributed by atoms with Crippen molar-refractivity contribution >= 4 is 22.4 Å². The summed E-state index contributed by atoms with van der Waals surface area (Å²) in [5, 5.41) is 2.92. The van der Waals surface area contributed by atoms with Crippen LogP contribution in [-0.4, -0.2) is 30.3 Å². The van der Waals surface area contributed by atoms with Crippen LogP contribution in [0.2, 0.25) is 0 Å². The first-order chi connectivity index (χ1) is 7.90. The molecule has 0 bridgehead atoms. The average molecular weight is 258 g/mol. The molecule has 0 fully saturated rings. The molecule has 7 nitrogen and oxygen atoms in total. The number of amides is 1. The zero-order valence-corrected chi connectivity index (χ0v) is 10.4. The van der Waals surface area contributed by atoms with Crippen molar-refractivity contribution in [1.29, 1.82) is 0 Å². The van der Waals surface area contributed by atoms with Crippen molar-refractivity contribution in [3.63, 3.8) is 0 Å². The Bertz CT molecular complexity index is 491. The monoisotopic (exact) mass is 258 g/mol. The van der Waals surface area contributed by atoms with Crippen LogP contribution < -0.4 is 11.1 Å². The van der Waals surface area contributed by atoms with Crippen molar-refractivity contribution < 1.29 is 13.2 Å². The first-order valence-electron chi connectivity index (χ1n) is 4.94. The lowest BCUT2D eigenvalue weighted by atomic mass is 10.2. The summed E-state index contributed by atoms with van der Waals surface area (Å²) in [6.07, 6.45) is 1.23. The van der Waals surface area contributed by atoms with Gasteiger partial charge in [-0.2, -0.15) is 0 Å². The van der Waals surface area contributed by atoms with E-state index < -0.39 is 16.6 Å². The van der Waals surface area contributed by atoms with Crippen molar-refractivity contribution in [3.8, 4) is 0 Å². The van der Waals surface area contributed by atoms with Crippen LogP contribution in [0.3, 0.4) is 0 Å². The fourth-order valence-corrected chi connectivity index (χ4v) is 1.56. The second-order valence-corrected chi connectivity index (χ2v) is 4.68. The van der Waals surface area contributed by atoms with Crippen molar-refractivity contribution in [2.24, 2.45) is 5.73 Å². The molecule has 1 aromatic rings. The third-order valence-electron chi connectivity index (χ3n) is 1.80. The summed E-state index contributed by atoms with van der Waals surface area (Å²) in [4.78, 5) is 18.9. The SMILES string of the molecule is CC(C)Nc1nc(C[SH](=O)=O)ncc1C(N)=O. The maximum absolute atomic E-state index is 11.1. The molecule has 8 heteroatoms. The summed E-state index contributed by atoms with van der Waals surface area (Å²) in [5.41, 5.74) is 5.31. The van der Waals surface area contributed by atoms with E-state index in [9.17, 15) is 13.2 Å². The molecule has 3 N–H and O–H groups in total. The normalized spacial score (nSPS) is 10.8. The molecule has 1 amide bonds. The highest BCUT2D eigenvalue weighted by molar-refractivity contribution is 7.71. The molecular formula is C9H14N4O3S. The Balaban J connectivity index is 3.13. The molecule has 0 aliphatic carbocycles. The molecule has 0 aliphatic heterocycles. The number of carbonyl (C=O) groups excluding carboxylic acids is 1. The number of aromatic nitrogens is 2. The third kappa shape index (κ3) is 3.99. The van der Waals surface area contributed by atoms with E-state index in [-0.39, 0.29) is 29.0 Å². The minimum absolute atomic E-state index is 0.0388. The number of nitrogens with one attached hydrogen (secondary N) is 1. The lowest BCUT2D eigenvalue weighted by Crippen LogP contribution is -2.20. The topological polar surface area (TPSA) is 115 Å². The van der Waals surface area contributed by atoms with Crippen LogP contribution in [0.4, 0.5) is 5.82 Å². The van der Waals surface area contributed by atoms with Gasteiger partial charge in [-0.1, -0.05) is 0 Å². The molecule has 0 saturated carbocycles. The third-order valence-corrected chi connectivity index (χ3v) is 2.34. The smallest absolute Gasteiger partial charge is 0.254 e. The van der Waals surface area contributed by atoms with Crippen LogP contribution in [0.1, 0.15) is 30.0 Å². The number of nitrogens with zero attached hydrogens (tertiary/aromatic N) is 2. The van der Waals surface area contributed by atoms with Gasteiger partial charge in [-0.05, 0) is 13.8 Å². The highest BCUT2D eigenvalue weighted by Crippen LogP contribution is 2.12. The predicted molar refractivity (Wildman–Crippen MR) is 63.3 cm³/mol. The van der Waals surface area contributed by atoms with E-state index in [0.29, 0.717) is 0 Å². The van der Waals surface area contributed by atoms with Gasteiger partial charge in [0.05, 0.1) is 5.56 Å². The maximum atomic E-state index is 11.1. The molecule has 0 aromatic carbocycles. The van der Waals surface area contributed by atoms with E-state index >= 15 is 0 Å². The van der Waals surface area contributed by atoms with Crippen molar-refractivity contribution in [1.82, 2.24) is 9.97 Å². The Hall–Kier alpha value is -1.70. The molecule has 1 rings (SSSR count). The molecule has 0 spiro atoms. The number of nitrogens with two attached hydrogens (primary N) is 1. The number of carbonyl (C=O) groups is 1. The molecule has 1 aromatic heterocycles. The highest BCUT2D eigenvalue weighted by atomic mass is 32.2. The van der Waals surface area contributed by atoms with Crippen molar-refractivity contribution in [2.45, 2.75) is 25.6 Å². The molecule has 0 radical (unpaired) electrons. The van der Waals surface area contributed by atoms with Gasteiger partial charge in [0.25, 0.3) is 5.91 Å². The van der Waals surface area contributed by atoms with E-state index in [2.05, 4.69) is 15.3 Å². The Kier molecular flexibility index (Phi) is 4.38. The lowest BCUT2D eigenvalue weighted by molar-refractivity contribution is 0.100. The fraction of sp³-hybridized carbons (Fsp3) is 0.444. The minimum Gasteiger partial charge on any atom is -0.367 e. The summed E-state index contributed by atoms with van der Waals surface area (Å²) in [6, 6.07) is 0.0388. The molecular weight excluding hydrogens is 244 g/mol. The van der Waals surface area contributed by atoms with E-state index in [4.69, 9.17) is 5.73 Å². The Morgan fingerprint density at radius 1 is 1.53 bits per heavy atom. The average Bonchev–Trinajstić information content (AvgIpc) is 2.15. The Morgan fingerprint density at radius 2 is 2.18 bits per heavy atom. The van der Waals surface area contributed by atoms with Gasteiger partial charge < -0.3 is 11.1 Å². The van der Waals surface area contributed by atoms with E-state index in [0.717, 1.165) is 0 Å². The van der Waals surface area contributed by atoms with Gasteiger partial charge in [-0.3, -0.25) is 4.79 Å². The zero-order valence-electron chi connectivity index (χ0n) is 9.51. The van der Waals surface area contributed by atoms with Gasteiger partial charge in [0.15, 0.2) is 0 Å². The number of rotatable bonds is 5. The van der Waals surface area contributed by atoms with Crippen LogP contribution in [-0.2, 0) is 16.5 Å². The standard InChI is InChI=1S/C9H14N4O3S/c1-5(2)12-9-6(8(10)14)3-11-7(13-9)4-17(15)16/h3,5,17H,4H2,1-2H3,(H2,10,14)(H,11,12,13). The van der Waals surface area contributed by atoms with Crippen molar-refractivity contribution in [2.75, 3.05) is 5.32 Å². The van der Waals surface area contributed by atoms with Crippen LogP contribution in [0.25, 0.3) is 0 Å². The van der Waals surface area contributed by atoms with Gasteiger partial charge in [0, 0.05) is 12.2 Å². The van der Waals surface area contributed by atoms with Gasteiger partial charge in [0.1, 0.15) is 28.1 Å². The molecule has 0 unspecified atom stereocenters. The number of hydrogen-bond acceptors (Lipinski definition) is 6. The Labute approximate surface area is 100 Å². The number of anilines is 1. The first kappa shape index (κ1) is 13.4. The van der Waals surface area contributed by atoms with Gasteiger partial charge >= 0.3 is 0 Å². The van der Waals surface area contributed by atoms with Crippen molar-refractivity contribution in [3.05, 3.63) is 17.6 Å². The largest absolute Gasteiger partial charge is 0.367 e. The second-order valence-electron chi connectivity index (χ2n) is 3.70. The van der Waals surface area contributed by atoms with Gasteiger partial charge in [-0.15, -0.1) is 0 Å². The van der Waals surface area contributed by atoms with E-state index in [1.54, 1.807) is 0 Å². The molecule has 0 atom stereocenters. The lowest BCUT2D eigenvalue weighted by Gasteiger charge is -2.12.